The number of carbonyl (C=O) groups is 1. The van der Waals surface area contributed by atoms with E-state index in [-0.39, 0.29) is 5.91 Å². The Balaban J connectivity index is 1.49. The number of rotatable bonds is 5. The lowest BCUT2D eigenvalue weighted by molar-refractivity contribution is 0.102. The van der Waals surface area contributed by atoms with Gasteiger partial charge in [0.2, 0.25) is 0 Å². The van der Waals surface area contributed by atoms with Crippen molar-refractivity contribution in [1.29, 1.82) is 0 Å². The van der Waals surface area contributed by atoms with Crippen LogP contribution >= 0.6 is 0 Å². The molecule has 0 saturated carbocycles. The second-order valence-corrected chi connectivity index (χ2v) is 7.82. The molecule has 0 bridgehead atoms. The topological polar surface area (TPSA) is 53.4 Å². The van der Waals surface area contributed by atoms with Gasteiger partial charge < -0.3 is 14.8 Å². The number of fused-ring (bicyclic) bond motifs is 1. The van der Waals surface area contributed by atoms with E-state index in [1.54, 1.807) is 0 Å². The Bertz CT molecular complexity index is 1020. The number of hydrogen-bond donors (Lipinski definition) is 1. The van der Waals surface area contributed by atoms with Crippen molar-refractivity contribution in [3.8, 4) is 0 Å². The summed E-state index contributed by atoms with van der Waals surface area (Å²) in [6.07, 6.45) is 0. The maximum atomic E-state index is 12.5. The molecule has 0 unspecified atom stereocenters. The quantitative estimate of drug-likeness (QED) is 0.725. The Kier molecular flexibility index (Phi) is 5.65. The molecule has 1 saturated heterocycles. The third-order valence-corrected chi connectivity index (χ3v) is 5.79. The Labute approximate surface area is 172 Å². The van der Waals surface area contributed by atoms with Crippen LogP contribution in [-0.2, 0) is 13.6 Å². The van der Waals surface area contributed by atoms with Crippen molar-refractivity contribution in [2.24, 2.45) is 7.05 Å². The van der Waals surface area contributed by atoms with Crippen LogP contribution in [0.1, 0.15) is 28.7 Å². The molecule has 1 aliphatic rings. The summed E-state index contributed by atoms with van der Waals surface area (Å²) in [5.41, 5.74) is 4.50. The molecule has 0 spiro atoms. The van der Waals surface area contributed by atoms with Gasteiger partial charge in [-0.05, 0) is 43.8 Å². The maximum absolute atomic E-state index is 12.5. The van der Waals surface area contributed by atoms with Crippen LogP contribution in [0.5, 0.6) is 0 Å². The van der Waals surface area contributed by atoms with Gasteiger partial charge in [0.05, 0.1) is 17.6 Å². The van der Waals surface area contributed by atoms with Crippen LogP contribution in [0.15, 0.2) is 42.5 Å². The number of anilines is 1. The summed E-state index contributed by atoms with van der Waals surface area (Å²) in [7, 11) is 2.07. The monoisotopic (exact) mass is 391 g/mol. The van der Waals surface area contributed by atoms with Crippen LogP contribution in [0.4, 0.5) is 5.69 Å². The molecule has 1 fully saturated rings. The molecule has 1 aromatic heterocycles. The van der Waals surface area contributed by atoms with Gasteiger partial charge in [0.15, 0.2) is 0 Å². The molecule has 1 aliphatic heterocycles. The highest BCUT2D eigenvalue weighted by Gasteiger charge is 2.18. The first kappa shape index (κ1) is 19.6. The van der Waals surface area contributed by atoms with Crippen LogP contribution in [0, 0.1) is 6.92 Å². The molecule has 2 aromatic carbocycles. The maximum Gasteiger partial charge on any atom is 0.255 e. The number of imidazole rings is 1. The predicted molar refractivity (Wildman–Crippen MR) is 117 cm³/mol. The van der Waals surface area contributed by atoms with Gasteiger partial charge in [-0.15, -0.1) is 0 Å². The van der Waals surface area contributed by atoms with Gasteiger partial charge in [0, 0.05) is 44.5 Å². The molecule has 6 nitrogen and oxygen atoms in total. The third-order valence-electron chi connectivity index (χ3n) is 5.79. The average molecular weight is 392 g/mol. The molecular weight excluding hydrogens is 362 g/mol. The Morgan fingerprint density at radius 2 is 1.83 bits per heavy atom. The Morgan fingerprint density at radius 1 is 1.07 bits per heavy atom. The molecule has 152 valence electrons. The fraction of sp³-hybridized carbons (Fsp3) is 0.391. The molecule has 29 heavy (non-hydrogen) atoms. The Hall–Kier alpha value is -2.70. The van der Waals surface area contributed by atoms with Crippen molar-refractivity contribution in [2.45, 2.75) is 20.4 Å². The largest absolute Gasteiger partial charge is 0.330 e. The number of benzene rings is 2. The molecule has 1 N–H and O–H groups in total. The number of aryl methyl sites for hydroxylation is 2. The van der Waals surface area contributed by atoms with Gasteiger partial charge in [-0.3, -0.25) is 9.69 Å². The SMILES string of the molecule is CCN1CCN(Cc2nc3cc(NC(=O)c4cccc(C)c4)ccc3n2C)CC1. The van der Waals surface area contributed by atoms with E-state index in [1.807, 2.05) is 49.4 Å². The van der Waals surface area contributed by atoms with Gasteiger partial charge in [0.25, 0.3) is 5.91 Å². The zero-order valence-corrected chi connectivity index (χ0v) is 17.5. The van der Waals surface area contributed by atoms with Crippen molar-refractivity contribution in [2.75, 3.05) is 38.0 Å². The molecular formula is C23H29N5O. The minimum Gasteiger partial charge on any atom is -0.330 e. The second kappa shape index (κ2) is 8.35. The van der Waals surface area contributed by atoms with E-state index in [0.29, 0.717) is 5.56 Å². The molecule has 0 atom stereocenters. The van der Waals surface area contributed by atoms with Crippen LogP contribution < -0.4 is 5.32 Å². The zero-order valence-electron chi connectivity index (χ0n) is 17.5. The summed E-state index contributed by atoms with van der Waals surface area (Å²) in [4.78, 5) is 22.3. The zero-order chi connectivity index (χ0) is 20.4. The number of aromatic nitrogens is 2. The second-order valence-electron chi connectivity index (χ2n) is 7.82. The van der Waals surface area contributed by atoms with Crippen molar-refractivity contribution in [3.05, 3.63) is 59.4 Å². The Morgan fingerprint density at radius 3 is 2.55 bits per heavy atom. The van der Waals surface area contributed by atoms with Gasteiger partial charge in [-0.1, -0.05) is 24.6 Å². The van der Waals surface area contributed by atoms with Crippen molar-refractivity contribution >= 4 is 22.6 Å². The minimum absolute atomic E-state index is 0.0991. The molecule has 6 heteroatoms. The highest BCUT2D eigenvalue weighted by Crippen LogP contribution is 2.21. The standard InChI is InChI=1S/C23H29N5O/c1-4-27-10-12-28(13-11-27)16-22-25-20-15-19(8-9-21(20)26(22)3)24-23(29)18-7-5-6-17(2)14-18/h5-9,14-15H,4,10-13,16H2,1-3H3,(H,24,29). The lowest BCUT2D eigenvalue weighted by Crippen LogP contribution is -2.45. The van der Waals surface area contributed by atoms with E-state index >= 15 is 0 Å². The fourth-order valence-electron chi connectivity index (χ4n) is 3.92. The van der Waals surface area contributed by atoms with E-state index in [4.69, 9.17) is 4.98 Å². The summed E-state index contributed by atoms with van der Waals surface area (Å²) in [5.74, 6) is 0.963. The number of carbonyl (C=O) groups excluding carboxylic acids is 1. The predicted octanol–water partition coefficient (Wildman–Crippen LogP) is 3.27. The van der Waals surface area contributed by atoms with E-state index in [1.165, 1.54) is 0 Å². The number of amides is 1. The van der Waals surface area contributed by atoms with Gasteiger partial charge >= 0.3 is 0 Å². The van der Waals surface area contributed by atoms with Crippen LogP contribution in [0.2, 0.25) is 0 Å². The smallest absolute Gasteiger partial charge is 0.255 e. The molecule has 3 aromatic rings. The van der Waals surface area contributed by atoms with Crippen molar-refractivity contribution < 1.29 is 4.79 Å². The lowest BCUT2D eigenvalue weighted by Gasteiger charge is -2.33. The summed E-state index contributed by atoms with van der Waals surface area (Å²) in [6, 6.07) is 13.6. The van der Waals surface area contributed by atoms with E-state index in [0.717, 1.165) is 67.4 Å². The molecule has 1 amide bonds. The van der Waals surface area contributed by atoms with E-state index in [9.17, 15) is 4.79 Å². The number of nitrogens with one attached hydrogen (secondary N) is 1. The van der Waals surface area contributed by atoms with Gasteiger partial charge in [-0.25, -0.2) is 4.98 Å². The molecule has 2 heterocycles. The first-order chi connectivity index (χ1) is 14.0. The third kappa shape index (κ3) is 4.33. The van der Waals surface area contributed by atoms with Crippen LogP contribution in [0.25, 0.3) is 11.0 Å². The van der Waals surface area contributed by atoms with Crippen LogP contribution in [-0.4, -0.2) is 58.0 Å². The normalized spacial score (nSPS) is 15.7. The van der Waals surface area contributed by atoms with Crippen molar-refractivity contribution in [3.63, 3.8) is 0 Å². The average Bonchev–Trinajstić information content (AvgIpc) is 3.03. The summed E-state index contributed by atoms with van der Waals surface area (Å²) in [5, 5.41) is 2.99. The van der Waals surface area contributed by atoms with Crippen LogP contribution in [0.3, 0.4) is 0 Å². The first-order valence-corrected chi connectivity index (χ1v) is 10.3. The molecule has 0 aliphatic carbocycles. The minimum atomic E-state index is -0.0991. The number of hydrogen-bond acceptors (Lipinski definition) is 4. The summed E-state index contributed by atoms with van der Waals surface area (Å²) < 4.78 is 2.16. The number of likely N-dealkylation sites (N-methyl/N-ethyl adjacent to an activating group) is 1. The molecule has 4 rings (SSSR count). The number of nitrogens with zero attached hydrogens (tertiary/aromatic N) is 4. The summed E-state index contributed by atoms with van der Waals surface area (Å²) in [6.45, 7) is 10.6. The van der Waals surface area contributed by atoms with Crippen molar-refractivity contribution in [1.82, 2.24) is 19.4 Å². The highest BCUT2D eigenvalue weighted by molar-refractivity contribution is 6.05. The first-order valence-electron chi connectivity index (χ1n) is 10.3. The van der Waals surface area contributed by atoms with Gasteiger partial charge in [0.1, 0.15) is 5.82 Å². The van der Waals surface area contributed by atoms with E-state index < -0.39 is 0 Å². The van der Waals surface area contributed by atoms with E-state index in [2.05, 4.69) is 33.7 Å². The molecule has 0 radical (unpaired) electrons. The fourth-order valence-corrected chi connectivity index (χ4v) is 3.92. The number of piperazine rings is 1. The van der Waals surface area contributed by atoms with Gasteiger partial charge in [-0.2, -0.15) is 0 Å². The lowest BCUT2D eigenvalue weighted by atomic mass is 10.1. The highest BCUT2D eigenvalue weighted by atomic mass is 16.1. The summed E-state index contributed by atoms with van der Waals surface area (Å²) >= 11 is 0.